The first kappa shape index (κ1) is 16.3. The Morgan fingerprint density at radius 1 is 0.952 bits per heavy atom. The number of carbonyl (C=O) groups is 2. The van der Waals surface area contributed by atoms with Gasteiger partial charge in [0.1, 0.15) is 0 Å². The van der Waals surface area contributed by atoms with Gasteiger partial charge in [0.2, 0.25) is 5.91 Å². The highest BCUT2D eigenvalue weighted by molar-refractivity contribution is 5.79. The normalized spacial score (nSPS) is 33.4. The van der Waals surface area contributed by atoms with Crippen LogP contribution in [-0.2, 0) is 9.59 Å². The fourth-order valence-electron chi connectivity index (χ4n) is 3.76. The van der Waals surface area contributed by atoms with Crippen molar-refractivity contribution < 1.29 is 14.7 Å². The molecule has 0 saturated heterocycles. The Morgan fingerprint density at radius 2 is 1.52 bits per heavy atom. The number of carbonyl (C=O) groups excluding carboxylic acids is 1. The van der Waals surface area contributed by atoms with E-state index in [1.807, 2.05) is 0 Å². The zero-order valence-corrected chi connectivity index (χ0v) is 13.1. The Kier molecular flexibility index (Phi) is 6.07. The van der Waals surface area contributed by atoms with Gasteiger partial charge in [0, 0.05) is 12.5 Å². The lowest BCUT2D eigenvalue weighted by molar-refractivity contribution is -0.144. The summed E-state index contributed by atoms with van der Waals surface area (Å²) in [6.07, 6.45) is 9.12. The van der Waals surface area contributed by atoms with Crippen LogP contribution in [0.2, 0.25) is 0 Å². The number of nitrogens with one attached hydrogen (secondary N) is 1. The van der Waals surface area contributed by atoms with Gasteiger partial charge in [0.25, 0.3) is 0 Å². The molecule has 1 amide bonds. The molecule has 21 heavy (non-hydrogen) atoms. The maximum Gasteiger partial charge on any atom is 0.306 e. The van der Waals surface area contributed by atoms with Crippen LogP contribution in [-0.4, -0.2) is 23.5 Å². The van der Waals surface area contributed by atoms with E-state index in [-0.39, 0.29) is 17.7 Å². The predicted octanol–water partition coefficient (Wildman–Crippen LogP) is 3.21. The van der Waals surface area contributed by atoms with Crippen molar-refractivity contribution >= 4 is 11.9 Å². The molecule has 0 aromatic carbocycles. The standard InChI is InChI=1S/C17H29NO3/c1-12-2-4-13(5-3-12)10-11-18-16(19)14-6-8-15(9-7-14)17(20)21/h12-15H,2-11H2,1H3,(H,18,19)(H,20,21). The van der Waals surface area contributed by atoms with Gasteiger partial charge in [-0.15, -0.1) is 0 Å². The molecule has 0 unspecified atom stereocenters. The quantitative estimate of drug-likeness (QED) is 0.818. The lowest BCUT2D eigenvalue weighted by Crippen LogP contribution is -2.35. The second-order valence-electron chi connectivity index (χ2n) is 7.09. The molecule has 120 valence electrons. The van der Waals surface area contributed by atoms with Crippen molar-refractivity contribution in [2.45, 2.75) is 64.7 Å². The molecule has 2 aliphatic rings. The van der Waals surface area contributed by atoms with Crippen LogP contribution in [0.25, 0.3) is 0 Å². The molecule has 0 spiro atoms. The van der Waals surface area contributed by atoms with Gasteiger partial charge in [-0.05, 0) is 43.9 Å². The minimum Gasteiger partial charge on any atom is -0.481 e. The number of rotatable bonds is 5. The van der Waals surface area contributed by atoms with Crippen LogP contribution < -0.4 is 5.32 Å². The molecule has 0 atom stereocenters. The van der Waals surface area contributed by atoms with E-state index in [2.05, 4.69) is 12.2 Å². The Hall–Kier alpha value is -1.06. The summed E-state index contributed by atoms with van der Waals surface area (Å²) in [7, 11) is 0. The molecule has 0 aromatic heterocycles. The van der Waals surface area contributed by atoms with Gasteiger partial charge in [-0.25, -0.2) is 0 Å². The highest BCUT2D eigenvalue weighted by atomic mass is 16.4. The lowest BCUT2D eigenvalue weighted by Gasteiger charge is -2.27. The van der Waals surface area contributed by atoms with Crippen molar-refractivity contribution in [2.24, 2.45) is 23.7 Å². The van der Waals surface area contributed by atoms with Crippen molar-refractivity contribution in [3.8, 4) is 0 Å². The SMILES string of the molecule is CC1CCC(CCNC(=O)C2CCC(C(=O)O)CC2)CC1. The Morgan fingerprint density at radius 3 is 2.10 bits per heavy atom. The molecule has 0 aliphatic heterocycles. The van der Waals surface area contributed by atoms with Gasteiger partial charge in [-0.1, -0.05) is 32.6 Å². The first-order valence-corrected chi connectivity index (χ1v) is 8.56. The van der Waals surface area contributed by atoms with Crippen molar-refractivity contribution in [1.29, 1.82) is 0 Å². The van der Waals surface area contributed by atoms with Crippen molar-refractivity contribution in [3.05, 3.63) is 0 Å². The van der Waals surface area contributed by atoms with Gasteiger partial charge < -0.3 is 10.4 Å². The number of aliphatic carboxylic acids is 1. The smallest absolute Gasteiger partial charge is 0.306 e. The summed E-state index contributed by atoms with van der Waals surface area (Å²) in [4.78, 5) is 23.0. The molecule has 2 fully saturated rings. The van der Waals surface area contributed by atoms with E-state index in [0.717, 1.165) is 37.6 Å². The summed E-state index contributed by atoms with van der Waals surface area (Å²) in [6.45, 7) is 3.11. The number of hydrogen-bond acceptors (Lipinski definition) is 2. The van der Waals surface area contributed by atoms with E-state index >= 15 is 0 Å². The number of carboxylic acids is 1. The second-order valence-corrected chi connectivity index (χ2v) is 7.09. The van der Waals surface area contributed by atoms with E-state index < -0.39 is 5.97 Å². The molecular weight excluding hydrogens is 266 g/mol. The van der Waals surface area contributed by atoms with Crippen molar-refractivity contribution in [1.82, 2.24) is 5.32 Å². The van der Waals surface area contributed by atoms with Crippen LogP contribution in [0.3, 0.4) is 0 Å². The summed E-state index contributed by atoms with van der Waals surface area (Å²) in [6, 6.07) is 0. The highest BCUT2D eigenvalue weighted by Crippen LogP contribution is 2.31. The van der Waals surface area contributed by atoms with Crippen molar-refractivity contribution in [2.75, 3.05) is 6.54 Å². The number of hydrogen-bond donors (Lipinski definition) is 2. The zero-order valence-electron chi connectivity index (χ0n) is 13.1. The molecule has 2 rings (SSSR count). The van der Waals surface area contributed by atoms with E-state index in [1.54, 1.807) is 0 Å². The molecule has 0 heterocycles. The monoisotopic (exact) mass is 295 g/mol. The van der Waals surface area contributed by atoms with Gasteiger partial charge in [-0.2, -0.15) is 0 Å². The minimum absolute atomic E-state index is 0.0342. The van der Waals surface area contributed by atoms with Gasteiger partial charge >= 0.3 is 5.97 Å². The van der Waals surface area contributed by atoms with Crippen LogP contribution in [0.1, 0.15) is 64.7 Å². The fourth-order valence-corrected chi connectivity index (χ4v) is 3.76. The van der Waals surface area contributed by atoms with Crippen LogP contribution in [0.15, 0.2) is 0 Å². The van der Waals surface area contributed by atoms with E-state index in [9.17, 15) is 9.59 Å². The minimum atomic E-state index is -0.708. The molecule has 0 bridgehead atoms. The molecule has 2 saturated carbocycles. The summed E-state index contributed by atoms with van der Waals surface area (Å²) in [5.74, 6) is 0.887. The van der Waals surface area contributed by atoms with Gasteiger partial charge in [0.15, 0.2) is 0 Å². The third-order valence-corrected chi connectivity index (χ3v) is 5.43. The lowest BCUT2D eigenvalue weighted by atomic mass is 9.81. The third kappa shape index (κ3) is 5.01. The molecular formula is C17H29NO3. The molecule has 2 aliphatic carbocycles. The summed E-state index contributed by atoms with van der Waals surface area (Å²) in [5, 5.41) is 12.0. The molecule has 0 aromatic rings. The third-order valence-electron chi connectivity index (χ3n) is 5.43. The maximum absolute atomic E-state index is 12.1. The average Bonchev–Trinajstić information content (AvgIpc) is 2.49. The Balaban J connectivity index is 1.61. The summed E-state index contributed by atoms with van der Waals surface area (Å²) >= 11 is 0. The first-order valence-electron chi connectivity index (χ1n) is 8.56. The topological polar surface area (TPSA) is 66.4 Å². The van der Waals surface area contributed by atoms with Crippen molar-refractivity contribution in [3.63, 3.8) is 0 Å². The average molecular weight is 295 g/mol. The number of amides is 1. The maximum atomic E-state index is 12.1. The summed E-state index contributed by atoms with van der Waals surface area (Å²) < 4.78 is 0. The van der Waals surface area contributed by atoms with Crippen LogP contribution in [0.5, 0.6) is 0 Å². The van der Waals surface area contributed by atoms with E-state index in [0.29, 0.717) is 12.8 Å². The Labute approximate surface area is 127 Å². The van der Waals surface area contributed by atoms with Crippen LogP contribution >= 0.6 is 0 Å². The molecule has 4 nitrogen and oxygen atoms in total. The van der Waals surface area contributed by atoms with Gasteiger partial charge in [-0.3, -0.25) is 9.59 Å². The van der Waals surface area contributed by atoms with Gasteiger partial charge in [0.05, 0.1) is 5.92 Å². The summed E-state index contributed by atoms with van der Waals surface area (Å²) in [5.41, 5.74) is 0. The first-order chi connectivity index (χ1) is 10.1. The Bertz CT molecular complexity index is 353. The fraction of sp³-hybridized carbons (Fsp3) is 0.882. The van der Waals surface area contributed by atoms with Crippen LogP contribution in [0, 0.1) is 23.7 Å². The molecule has 2 N–H and O–H groups in total. The van der Waals surface area contributed by atoms with E-state index in [1.165, 1.54) is 25.7 Å². The number of carboxylic acid groups (broad SMARTS) is 1. The molecule has 0 radical (unpaired) electrons. The highest BCUT2D eigenvalue weighted by Gasteiger charge is 2.29. The largest absolute Gasteiger partial charge is 0.481 e. The van der Waals surface area contributed by atoms with Crippen LogP contribution in [0.4, 0.5) is 0 Å². The predicted molar refractivity (Wildman–Crippen MR) is 81.8 cm³/mol. The zero-order chi connectivity index (χ0) is 15.2. The second kappa shape index (κ2) is 7.81. The molecule has 4 heteroatoms. The van der Waals surface area contributed by atoms with E-state index in [4.69, 9.17) is 5.11 Å².